The first-order valence-electron chi connectivity index (χ1n) is 4.85. The zero-order valence-corrected chi connectivity index (χ0v) is 9.89. The lowest BCUT2D eigenvalue weighted by Crippen LogP contribution is -2.61. The predicted octanol–water partition coefficient (Wildman–Crippen LogP) is -0.139. The molecule has 0 heterocycles. The van der Waals surface area contributed by atoms with Gasteiger partial charge in [0.25, 0.3) is 5.91 Å². The smallest absolute Gasteiger partial charge is 0.359 e. The normalized spacial score (nSPS) is 15.0. The molecule has 0 saturated heterocycles. The fourth-order valence-electron chi connectivity index (χ4n) is 1.01. The minimum atomic E-state index is -4.83. The Morgan fingerprint density at radius 3 is 2.18 bits per heavy atom. The number of likely N-dealkylation sites (N-methyl/N-ethyl adjacent to an activating group) is 1. The average molecular weight is 255 g/mol. The van der Waals surface area contributed by atoms with Crippen LogP contribution in [0.15, 0.2) is 0 Å². The minimum Gasteiger partial charge on any atom is -0.359 e. The van der Waals surface area contributed by atoms with Crippen LogP contribution in [0.3, 0.4) is 0 Å². The van der Waals surface area contributed by atoms with Crippen molar-refractivity contribution >= 4 is 11.8 Å². The maximum absolute atomic E-state index is 12.5. The van der Waals surface area contributed by atoms with Gasteiger partial charge in [-0.05, 0) is 6.92 Å². The molecule has 0 aliphatic heterocycles. The Labute approximate surface area is 97.1 Å². The van der Waals surface area contributed by atoms with Crippen molar-refractivity contribution in [2.45, 2.75) is 25.1 Å². The summed E-state index contributed by atoms with van der Waals surface area (Å²) < 4.78 is 37.4. The summed E-state index contributed by atoms with van der Waals surface area (Å²) in [5.41, 5.74) is 2.02. The standard InChI is InChI=1S/C9H16F3N3O2/c1-8(13,9(10,11)12)7(17)15(3)5-4-6(16)14-2/h4-5,13H2,1-3H3,(H,14,16). The second-order valence-corrected chi connectivity index (χ2v) is 3.85. The van der Waals surface area contributed by atoms with Crippen LogP contribution in [0.4, 0.5) is 13.2 Å². The summed E-state index contributed by atoms with van der Waals surface area (Å²) in [6, 6.07) is 0. The van der Waals surface area contributed by atoms with Crippen LogP contribution in [0.2, 0.25) is 0 Å². The van der Waals surface area contributed by atoms with Crippen LogP contribution in [0, 0.1) is 0 Å². The second kappa shape index (κ2) is 5.35. The molecule has 2 amide bonds. The van der Waals surface area contributed by atoms with Gasteiger partial charge in [0.15, 0.2) is 5.54 Å². The summed E-state index contributed by atoms with van der Waals surface area (Å²) in [6.45, 7) is 0.479. The van der Waals surface area contributed by atoms with Gasteiger partial charge >= 0.3 is 6.18 Å². The zero-order chi connectivity index (χ0) is 13.9. The van der Waals surface area contributed by atoms with E-state index in [-0.39, 0.29) is 18.9 Å². The fraction of sp³-hybridized carbons (Fsp3) is 0.778. The van der Waals surface area contributed by atoms with Crippen molar-refractivity contribution in [3.8, 4) is 0 Å². The van der Waals surface area contributed by atoms with E-state index in [0.717, 1.165) is 4.90 Å². The highest BCUT2D eigenvalue weighted by molar-refractivity contribution is 5.87. The SMILES string of the molecule is CNC(=O)CCN(C)C(=O)C(C)(N)C(F)(F)F. The molecule has 0 aliphatic rings. The number of halogens is 3. The van der Waals surface area contributed by atoms with Gasteiger partial charge in [-0.25, -0.2) is 0 Å². The van der Waals surface area contributed by atoms with Crippen LogP contribution in [0.1, 0.15) is 13.3 Å². The van der Waals surface area contributed by atoms with Gasteiger partial charge in [0.1, 0.15) is 0 Å². The second-order valence-electron chi connectivity index (χ2n) is 3.85. The van der Waals surface area contributed by atoms with Gasteiger partial charge in [-0.15, -0.1) is 0 Å². The van der Waals surface area contributed by atoms with E-state index in [0.29, 0.717) is 6.92 Å². The topological polar surface area (TPSA) is 75.4 Å². The lowest BCUT2D eigenvalue weighted by molar-refractivity contribution is -0.192. The molecule has 3 N–H and O–H groups in total. The molecule has 0 aliphatic carbocycles. The summed E-state index contributed by atoms with van der Waals surface area (Å²) in [5, 5.41) is 2.30. The van der Waals surface area contributed by atoms with Crippen LogP contribution in [-0.2, 0) is 9.59 Å². The number of alkyl halides is 3. The fourth-order valence-corrected chi connectivity index (χ4v) is 1.01. The Bertz CT molecular complexity index is 302. The summed E-state index contributed by atoms with van der Waals surface area (Å²) in [4.78, 5) is 23.1. The van der Waals surface area contributed by atoms with E-state index in [2.05, 4.69) is 5.32 Å². The Morgan fingerprint density at radius 1 is 1.35 bits per heavy atom. The third kappa shape index (κ3) is 3.88. The van der Waals surface area contributed by atoms with Crippen molar-refractivity contribution in [2.75, 3.05) is 20.6 Å². The van der Waals surface area contributed by atoms with Crippen LogP contribution in [-0.4, -0.2) is 49.1 Å². The molecule has 0 bridgehead atoms. The van der Waals surface area contributed by atoms with Crippen LogP contribution >= 0.6 is 0 Å². The number of nitrogens with two attached hydrogens (primary N) is 1. The lowest BCUT2D eigenvalue weighted by atomic mass is 10.0. The zero-order valence-electron chi connectivity index (χ0n) is 9.89. The number of rotatable bonds is 4. The van der Waals surface area contributed by atoms with Crippen molar-refractivity contribution in [1.82, 2.24) is 10.2 Å². The molecule has 0 radical (unpaired) electrons. The van der Waals surface area contributed by atoms with Gasteiger partial charge in [0.05, 0.1) is 0 Å². The Kier molecular flexibility index (Phi) is 4.94. The van der Waals surface area contributed by atoms with E-state index < -0.39 is 17.6 Å². The number of carbonyl (C=O) groups is 2. The molecular weight excluding hydrogens is 239 g/mol. The third-order valence-electron chi connectivity index (χ3n) is 2.33. The summed E-state index contributed by atoms with van der Waals surface area (Å²) in [6.07, 6.45) is -4.90. The van der Waals surface area contributed by atoms with Crippen molar-refractivity contribution < 1.29 is 22.8 Å². The number of nitrogens with one attached hydrogen (secondary N) is 1. The summed E-state index contributed by atoms with van der Waals surface area (Å²) >= 11 is 0. The van der Waals surface area contributed by atoms with E-state index >= 15 is 0 Å². The highest BCUT2D eigenvalue weighted by atomic mass is 19.4. The third-order valence-corrected chi connectivity index (χ3v) is 2.33. The van der Waals surface area contributed by atoms with E-state index in [1.54, 1.807) is 0 Å². The van der Waals surface area contributed by atoms with E-state index in [1.807, 2.05) is 0 Å². The molecule has 17 heavy (non-hydrogen) atoms. The van der Waals surface area contributed by atoms with Crippen molar-refractivity contribution in [3.63, 3.8) is 0 Å². The number of hydrogen-bond acceptors (Lipinski definition) is 3. The maximum Gasteiger partial charge on any atom is 0.415 e. The monoisotopic (exact) mass is 255 g/mol. The lowest BCUT2D eigenvalue weighted by Gasteiger charge is -2.30. The molecule has 0 saturated carbocycles. The van der Waals surface area contributed by atoms with E-state index in [4.69, 9.17) is 5.73 Å². The highest BCUT2D eigenvalue weighted by Gasteiger charge is 2.54. The molecule has 1 atom stereocenters. The van der Waals surface area contributed by atoms with Crippen LogP contribution in [0.25, 0.3) is 0 Å². The van der Waals surface area contributed by atoms with Crippen LogP contribution < -0.4 is 11.1 Å². The molecule has 1 unspecified atom stereocenters. The minimum absolute atomic E-state index is 0.0767. The molecule has 0 spiro atoms. The molecular formula is C9H16F3N3O2. The number of nitrogens with zero attached hydrogens (tertiary/aromatic N) is 1. The van der Waals surface area contributed by atoms with Gasteiger partial charge in [-0.3, -0.25) is 9.59 Å². The largest absolute Gasteiger partial charge is 0.415 e. The molecule has 0 fully saturated rings. The molecule has 8 heteroatoms. The first-order valence-corrected chi connectivity index (χ1v) is 4.85. The van der Waals surface area contributed by atoms with Gasteiger partial charge in [0.2, 0.25) is 5.91 Å². The van der Waals surface area contributed by atoms with Gasteiger partial charge in [0, 0.05) is 27.1 Å². The Balaban J connectivity index is 4.56. The predicted molar refractivity (Wildman–Crippen MR) is 55.0 cm³/mol. The summed E-state index contributed by atoms with van der Waals surface area (Å²) in [5.74, 6) is -1.63. The number of amides is 2. The van der Waals surface area contributed by atoms with Gasteiger partial charge in [-0.1, -0.05) is 0 Å². The highest BCUT2D eigenvalue weighted by Crippen LogP contribution is 2.29. The molecule has 0 aromatic heterocycles. The quantitative estimate of drug-likeness (QED) is 0.734. The van der Waals surface area contributed by atoms with E-state index in [9.17, 15) is 22.8 Å². The van der Waals surface area contributed by atoms with Crippen molar-refractivity contribution in [2.24, 2.45) is 5.73 Å². The first kappa shape index (κ1) is 15.7. The van der Waals surface area contributed by atoms with Crippen LogP contribution in [0.5, 0.6) is 0 Å². The number of hydrogen-bond donors (Lipinski definition) is 2. The van der Waals surface area contributed by atoms with E-state index in [1.165, 1.54) is 14.1 Å². The number of carbonyl (C=O) groups excluding carboxylic acids is 2. The first-order chi connectivity index (χ1) is 7.54. The average Bonchev–Trinajstić information content (AvgIpc) is 2.22. The van der Waals surface area contributed by atoms with Crippen molar-refractivity contribution in [1.29, 1.82) is 0 Å². The molecule has 0 aromatic rings. The molecule has 5 nitrogen and oxygen atoms in total. The maximum atomic E-state index is 12.5. The van der Waals surface area contributed by atoms with Gasteiger partial charge in [-0.2, -0.15) is 13.2 Å². The Morgan fingerprint density at radius 2 is 1.82 bits per heavy atom. The molecule has 0 rings (SSSR count). The Hall–Kier alpha value is -1.31. The van der Waals surface area contributed by atoms with Gasteiger partial charge < -0.3 is 16.0 Å². The molecule has 0 aromatic carbocycles. The van der Waals surface area contributed by atoms with Crippen molar-refractivity contribution in [3.05, 3.63) is 0 Å². The summed E-state index contributed by atoms with van der Waals surface area (Å²) in [7, 11) is 2.56. The molecule has 100 valence electrons.